The average Bonchev–Trinajstić information content (AvgIpc) is 2.79. The van der Waals surface area contributed by atoms with Crippen LogP contribution >= 0.6 is 0 Å². The summed E-state index contributed by atoms with van der Waals surface area (Å²) in [5, 5.41) is 0. The number of rotatable bonds is 2. The van der Waals surface area contributed by atoms with Crippen LogP contribution in [0.25, 0.3) is 0 Å². The molecule has 3 heteroatoms. The van der Waals surface area contributed by atoms with E-state index in [0.717, 1.165) is 19.3 Å². The molecular formula is C8H13NO2. The van der Waals surface area contributed by atoms with Gasteiger partial charge in [-0.2, -0.15) is 0 Å². The third-order valence-electron chi connectivity index (χ3n) is 2.86. The van der Waals surface area contributed by atoms with E-state index in [2.05, 4.69) is 4.74 Å². The highest BCUT2D eigenvalue weighted by Crippen LogP contribution is 2.56. The van der Waals surface area contributed by atoms with Gasteiger partial charge in [0.2, 0.25) is 0 Å². The standard InChI is InChI=1S/C8H13NO2/c1-11-7(10)5-4-6(5)8(9)2-3-8/h5-6H,2-4,9H2,1H3. The highest BCUT2D eigenvalue weighted by molar-refractivity contribution is 5.76. The fraction of sp³-hybridized carbons (Fsp3) is 0.875. The minimum Gasteiger partial charge on any atom is -0.469 e. The molecule has 11 heavy (non-hydrogen) atoms. The van der Waals surface area contributed by atoms with Crippen LogP contribution in [0.3, 0.4) is 0 Å². The van der Waals surface area contributed by atoms with Crippen molar-refractivity contribution in [2.45, 2.75) is 24.8 Å². The van der Waals surface area contributed by atoms with Gasteiger partial charge < -0.3 is 10.5 Å². The molecule has 0 saturated heterocycles. The minimum absolute atomic E-state index is 0.0128. The summed E-state index contributed by atoms with van der Waals surface area (Å²) in [4.78, 5) is 11.0. The minimum atomic E-state index is -0.0771. The molecule has 0 amide bonds. The van der Waals surface area contributed by atoms with Crippen LogP contribution in [0.5, 0.6) is 0 Å². The third kappa shape index (κ3) is 1.03. The van der Waals surface area contributed by atoms with Crippen LogP contribution < -0.4 is 5.73 Å². The molecule has 0 aromatic carbocycles. The molecule has 0 radical (unpaired) electrons. The third-order valence-corrected chi connectivity index (χ3v) is 2.86. The summed E-state index contributed by atoms with van der Waals surface area (Å²) in [5.74, 6) is 0.467. The summed E-state index contributed by atoms with van der Waals surface area (Å²) in [6.07, 6.45) is 3.12. The van der Waals surface area contributed by atoms with Crippen LogP contribution in [0.2, 0.25) is 0 Å². The molecule has 2 saturated carbocycles. The van der Waals surface area contributed by atoms with Gasteiger partial charge in [0.05, 0.1) is 13.0 Å². The van der Waals surface area contributed by atoms with E-state index in [1.54, 1.807) is 0 Å². The highest BCUT2D eigenvalue weighted by Gasteiger charge is 2.60. The van der Waals surface area contributed by atoms with Gasteiger partial charge >= 0.3 is 5.97 Å². The molecule has 2 unspecified atom stereocenters. The Morgan fingerprint density at radius 1 is 1.64 bits per heavy atom. The van der Waals surface area contributed by atoms with Crippen molar-refractivity contribution in [1.82, 2.24) is 0 Å². The fourth-order valence-electron chi connectivity index (χ4n) is 1.76. The van der Waals surface area contributed by atoms with E-state index in [4.69, 9.17) is 5.73 Å². The first-order valence-electron chi connectivity index (χ1n) is 4.04. The molecule has 0 heterocycles. The van der Waals surface area contributed by atoms with E-state index >= 15 is 0 Å². The van der Waals surface area contributed by atoms with Gasteiger partial charge in [0.1, 0.15) is 0 Å². The molecule has 0 aromatic rings. The Morgan fingerprint density at radius 2 is 2.27 bits per heavy atom. The van der Waals surface area contributed by atoms with Crippen LogP contribution in [0.4, 0.5) is 0 Å². The second-order valence-corrected chi connectivity index (χ2v) is 3.71. The van der Waals surface area contributed by atoms with Crippen LogP contribution in [0, 0.1) is 11.8 Å². The lowest BCUT2D eigenvalue weighted by molar-refractivity contribution is -0.142. The molecule has 0 spiro atoms. The number of esters is 1. The molecule has 2 aliphatic carbocycles. The van der Waals surface area contributed by atoms with E-state index in [0.29, 0.717) is 5.92 Å². The second-order valence-electron chi connectivity index (χ2n) is 3.71. The van der Waals surface area contributed by atoms with Crippen molar-refractivity contribution in [3.8, 4) is 0 Å². The molecule has 0 aliphatic heterocycles. The predicted octanol–water partition coefficient (Wildman–Crippen LogP) is 0.287. The lowest BCUT2D eigenvalue weighted by Gasteiger charge is -2.05. The van der Waals surface area contributed by atoms with Gasteiger partial charge in [-0.1, -0.05) is 0 Å². The normalized spacial score (nSPS) is 38.0. The first-order chi connectivity index (χ1) is 5.17. The Labute approximate surface area is 65.9 Å². The van der Waals surface area contributed by atoms with Crippen LogP contribution in [0.1, 0.15) is 19.3 Å². The summed E-state index contributed by atoms with van der Waals surface area (Å²) >= 11 is 0. The molecular weight excluding hydrogens is 142 g/mol. The van der Waals surface area contributed by atoms with Gasteiger partial charge in [-0.15, -0.1) is 0 Å². The zero-order chi connectivity index (χ0) is 8.06. The van der Waals surface area contributed by atoms with Crippen molar-refractivity contribution in [1.29, 1.82) is 0 Å². The second kappa shape index (κ2) is 1.97. The zero-order valence-corrected chi connectivity index (χ0v) is 6.67. The van der Waals surface area contributed by atoms with E-state index in [1.807, 2.05) is 0 Å². The maximum Gasteiger partial charge on any atom is 0.309 e. The number of carbonyl (C=O) groups excluding carboxylic acids is 1. The molecule has 62 valence electrons. The Morgan fingerprint density at radius 3 is 2.73 bits per heavy atom. The highest BCUT2D eigenvalue weighted by atomic mass is 16.5. The molecule has 2 fully saturated rings. The first-order valence-corrected chi connectivity index (χ1v) is 4.04. The quantitative estimate of drug-likeness (QED) is 0.583. The van der Waals surface area contributed by atoms with Crippen LogP contribution in [-0.4, -0.2) is 18.6 Å². The number of methoxy groups -OCH3 is 1. The Hall–Kier alpha value is -0.570. The monoisotopic (exact) mass is 155 g/mol. The molecule has 3 nitrogen and oxygen atoms in total. The summed E-state index contributed by atoms with van der Waals surface area (Å²) in [5.41, 5.74) is 5.94. The average molecular weight is 155 g/mol. The van der Waals surface area contributed by atoms with Crippen LogP contribution in [-0.2, 0) is 9.53 Å². The van der Waals surface area contributed by atoms with Crippen molar-refractivity contribution in [3.05, 3.63) is 0 Å². The lowest BCUT2D eigenvalue weighted by Crippen LogP contribution is -2.26. The predicted molar refractivity (Wildman–Crippen MR) is 39.8 cm³/mol. The van der Waals surface area contributed by atoms with Gasteiger partial charge in [0.25, 0.3) is 0 Å². The van der Waals surface area contributed by atoms with Crippen molar-refractivity contribution < 1.29 is 9.53 Å². The summed E-state index contributed by atoms with van der Waals surface area (Å²) in [6, 6.07) is 0. The molecule has 0 bridgehead atoms. The largest absolute Gasteiger partial charge is 0.469 e. The topological polar surface area (TPSA) is 52.3 Å². The van der Waals surface area contributed by atoms with E-state index in [1.165, 1.54) is 7.11 Å². The number of nitrogens with two attached hydrogens (primary N) is 1. The van der Waals surface area contributed by atoms with E-state index < -0.39 is 0 Å². The SMILES string of the molecule is COC(=O)C1CC1C1(N)CC1. The summed E-state index contributed by atoms with van der Waals surface area (Å²) < 4.78 is 4.63. The van der Waals surface area contributed by atoms with Gasteiger partial charge in [-0.3, -0.25) is 4.79 Å². The van der Waals surface area contributed by atoms with E-state index in [9.17, 15) is 4.79 Å². The molecule has 2 rings (SSSR count). The van der Waals surface area contributed by atoms with E-state index in [-0.39, 0.29) is 17.4 Å². The zero-order valence-electron chi connectivity index (χ0n) is 6.67. The van der Waals surface area contributed by atoms with Crippen molar-refractivity contribution in [3.63, 3.8) is 0 Å². The smallest absolute Gasteiger partial charge is 0.309 e. The fourth-order valence-corrected chi connectivity index (χ4v) is 1.76. The molecule has 0 aromatic heterocycles. The Balaban J connectivity index is 1.90. The summed E-state index contributed by atoms with van der Waals surface area (Å²) in [7, 11) is 1.44. The molecule has 2 N–H and O–H groups in total. The Kier molecular flexibility index (Phi) is 1.27. The van der Waals surface area contributed by atoms with Gasteiger partial charge in [0.15, 0.2) is 0 Å². The van der Waals surface area contributed by atoms with Crippen molar-refractivity contribution >= 4 is 5.97 Å². The van der Waals surface area contributed by atoms with Gasteiger partial charge in [0, 0.05) is 5.54 Å². The van der Waals surface area contributed by atoms with Crippen LogP contribution in [0.15, 0.2) is 0 Å². The number of hydrogen-bond donors (Lipinski definition) is 1. The Bertz CT molecular complexity index is 198. The first kappa shape index (κ1) is 7.10. The number of ether oxygens (including phenoxy) is 1. The van der Waals surface area contributed by atoms with Gasteiger partial charge in [-0.25, -0.2) is 0 Å². The maximum absolute atomic E-state index is 11.0. The molecule has 2 aliphatic rings. The molecule has 2 atom stereocenters. The lowest BCUT2D eigenvalue weighted by atomic mass is 10.1. The van der Waals surface area contributed by atoms with Crippen molar-refractivity contribution in [2.24, 2.45) is 17.6 Å². The van der Waals surface area contributed by atoms with Gasteiger partial charge in [-0.05, 0) is 25.2 Å². The summed E-state index contributed by atoms with van der Waals surface area (Å²) in [6.45, 7) is 0. The van der Waals surface area contributed by atoms with Crippen molar-refractivity contribution in [2.75, 3.05) is 7.11 Å². The number of hydrogen-bond acceptors (Lipinski definition) is 3. The number of carbonyl (C=O) groups is 1. The maximum atomic E-state index is 11.0.